The number of imidazole rings is 1. The highest BCUT2D eigenvalue weighted by Crippen LogP contribution is 2.29. The summed E-state index contributed by atoms with van der Waals surface area (Å²) in [5.74, 6) is -0.398. The van der Waals surface area contributed by atoms with Gasteiger partial charge in [-0.15, -0.1) is 0 Å². The highest BCUT2D eigenvalue weighted by molar-refractivity contribution is 7.71. The third-order valence-electron chi connectivity index (χ3n) is 3.81. The van der Waals surface area contributed by atoms with Crippen LogP contribution in [0.25, 0.3) is 11.0 Å². The fourth-order valence-corrected chi connectivity index (χ4v) is 3.26. The Hall–Kier alpha value is -0.910. The van der Waals surface area contributed by atoms with Crippen molar-refractivity contribution in [2.45, 2.75) is 18.9 Å². The number of H-pyrrole nitrogens is 1. The lowest BCUT2D eigenvalue weighted by Gasteiger charge is -2.30. The molecular formula is C13H15ClFN3S. The molecule has 0 saturated carbocycles. The predicted molar refractivity (Wildman–Crippen MR) is 77.9 cm³/mol. The number of hydrogen-bond acceptors (Lipinski definition) is 2. The Morgan fingerprint density at radius 3 is 2.74 bits per heavy atom. The summed E-state index contributed by atoms with van der Waals surface area (Å²) >= 11 is 11.2. The van der Waals surface area contributed by atoms with Crippen molar-refractivity contribution < 1.29 is 4.39 Å². The summed E-state index contributed by atoms with van der Waals surface area (Å²) in [6.07, 6.45) is 2.06. The zero-order chi connectivity index (χ0) is 13.6. The molecule has 6 heteroatoms. The second-order valence-corrected chi connectivity index (χ2v) is 5.91. The van der Waals surface area contributed by atoms with Crippen molar-refractivity contribution in [2.75, 3.05) is 20.1 Å². The van der Waals surface area contributed by atoms with Gasteiger partial charge in [-0.25, -0.2) is 4.39 Å². The Morgan fingerprint density at radius 1 is 1.37 bits per heavy atom. The Morgan fingerprint density at radius 2 is 2.05 bits per heavy atom. The first-order valence-electron chi connectivity index (χ1n) is 6.34. The third-order valence-corrected chi connectivity index (χ3v) is 4.40. The molecule has 102 valence electrons. The maximum Gasteiger partial charge on any atom is 0.178 e. The SMILES string of the molecule is CN1CCC(n2c(=S)[nH]c3cc(Cl)c(F)cc32)CC1. The van der Waals surface area contributed by atoms with Crippen LogP contribution in [0.3, 0.4) is 0 Å². The molecule has 2 aromatic rings. The number of likely N-dealkylation sites (tertiary alicyclic amines) is 1. The van der Waals surface area contributed by atoms with Crippen molar-refractivity contribution in [3.63, 3.8) is 0 Å². The van der Waals surface area contributed by atoms with E-state index in [2.05, 4.69) is 16.9 Å². The van der Waals surface area contributed by atoms with Gasteiger partial charge in [-0.1, -0.05) is 11.6 Å². The minimum Gasteiger partial charge on any atom is -0.331 e. The lowest BCUT2D eigenvalue weighted by molar-refractivity contribution is 0.223. The summed E-state index contributed by atoms with van der Waals surface area (Å²) in [5, 5.41) is 0.124. The van der Waals surface area contributed by atoms with Crippen molar-refractivity contribution in [1.29, 1.82) is 0 Å². The molecule has 1 saturated heterocycles. The van der Waals surface area contributed by atoms with Crippen LogP contribution in [0.4, 0.5) is 4.39 Å². The fraction of sp³-hybridized carbons (Fsp3) is 0.462. The number of fused-ring (bicyclic) bond motifs is 1. The van der Waals surface area contributed by atoms with E-state index in [0.717, 1.165) is 37.0 Å². The van der Waals surface area contributed by atoms with Crippen molar-refractivity contribution >= 4 is 34.9 Å². The Labute approximate surface area is 121 Å². The molecule has 3 rings (SSSR count). The van der Waals surface area contributed by atoms with Gasteiger partial charge in [-0.05, 0) is 51.3 Å². The van der Waals surface area contributed by atoms with Crippen LogP contribution in [0.1, 0.15) is 18.9 Å². The van der Waals surface area contributed by atoms with E-state index < -0.39 is 5.82 Å². The van der Waals surface area contributed by atoms with Crippen LogP contribution in [-0.4, -0.2) is 34.6 Å². The molecular weight excluding hydrogens is 285 g/mol. The topological polar surface area (TPSA) is 24.0 Å². The molecule has 1 N–H and O–H groups in total. The predicted octanol–water partition coefficient (Wildman–Crippen LogP) is 3.76. The molecule has 0 atom stereocenters. The molecule has 0 radical (unpaired) electrons. The lowest BCUT2D eigenvalue weighted by Crippen LogP contribution is -2.31. The number of aromatic nitrogens is 2. The van der Waals surface area contributed by atoms with E-state index in [1.165, 1.54) is 6.07 Å². The molecule has 1 aromatic carbocycles. The molecule has 19 heavy (non-hydrogen) atoms. The maximum atomic E-state index is 13.7. The second kappa shape index (κ2) is 4.89. The number of hydrogen-bond donors (Lipinski definition) is 1. The summed E-state index contributed by atoms with van der Waals surface area (Å²) in [7, 11) is 2.12. The monoisotopic (exact) mass is 299 g/mol. The van der Waals surface area contributed by atoms with E-state index in [4.69, 9.17) is 23.8 Å². The largest absolute Gasteiger partial charge is 0.331 e. The van der Waals surface area contributed by atoms with Crippen molar-refractivity contribution in [3.8, 4) is 0 Å². The number of nitrogens with zero attached hydrogens (tertiary/aromatic N) is 2. The molecule has 1 aliphatic heterocycles. The quantitative estimate of drug-likeness (QED) is 0.811. The summed E-state index contributed by atoms with van der Waals surface area (Å²) in [5.41, 5.74) is 1.61. The lowest BCUT2D eigenvalue weighted by atomic mass is 10.1. The average Bonchev–Trinajstić information content (AvgIpc) is 2.67. The minimum atomic E-state index is -0.398. The van der Waals surface area contributed by atoms with Gasteiger partial charge in [0.1, 0.15) is 5.82 Å². The zero-order valence-corrected chi connectivity index (χ0v) is 12.2. The third kappa shape index (κ3) is 2.30. The van der Waals surface area contributed by atoms with Crippen LogP contribution in [0.2, 0.25) is 5.02 Å². The average molecular weight is 300 g/mol. The van der Waals surface area contributed by atoms with Crippen LogP contribution in [-0.2, 0) is 0 Å². The van der Waals surface area contributed by atoms with Gasteiger partial charge in [0.05, 0.1) is 16.1 Å². The molecule has 1 aromatic heterocycles. The molecule has 0 bridgehead atoms. The fourth-order valence-electron chi connectivity index (χ4n) is 2.74. The Bertz CT molecular complexity index is 670. The van der Waals surface area contributed by atoms with Gasteiger partial charge in [0.2, 0.25) is 0 Å². The maximum absolute atomic E-state index is 13.7. The number of piperidine rings is 1. The van der Waals surface area contributed by atoms with E-state index in [-0.39, 0.29) is 5.02 Å². The van der Waals surface area contributed by atoms with Crippen molar-refractivity contribution in [3.05, 3.63) is 27.7 Å². The van der Waals surface area contributed by atoms with E-state index in [0.29, 0.717) is 10.8 Å². The van der Waals surface area contributed by atoms with Gasteiger partial charge in [-0.2, -0.15) is 0 Å². The van der Waals surface area contributed by atoms with Gasteiger partial charge in [0, 0.05) is 12.1 Å². The van der Waals surface area contributed by atoms with E-state index in [1.807, 2.05) is 4.57 Å². The molecule has 0 spiro atoms. The summed E-state index contributed by atoms with van der Waals surface area (Å²) < 4.78 is 16.3. The number of aromatic amines is 1. The molecule has 1 fully saturated rings. The van der Waals surface area contributed by atoms with Gasteiger partial charge >= 0.3 is 0 Å². The van der Waals surface area contributed by atoms with Crippen molar-refractivity contribution in [1.82, 2.24) is 14.5 Å². The first kappa shape index (κ1) is 13.1. The van der Waals surface area contributed by atoms with Gasteiger partial charge in [0.15, 0.2) is 4.77 Å². The standard InChI is InChI=1S/C13H15ClFN3S/c1-17-4-2-8(3-5-17)18-12-7-10(15)9(14)6-11(12)16-13(18)19/h6-8H,2-5H2,1H3,(H,16,19). The van der Waals surface area contributed by atoms with E-state index >= 15 is 0 Å². The van der Waals surface area contributed by atoms with Crippen LogP contribution in [0.15, 0.2) is 12.1 Å². The summed E-state index contributed by atoms with van der Waals surface area (Å²) in [4.78, 5) is 5.41. The first-order valence-corrected chi connectivity index (χ1v) is 7.12. The summed E-state index contributed by atoms with van der Waals surface area (Å²) in [6.45, 7) is 2.07. The Kier molecular flexibility index (Phi) is 3.37. The van der Waals surface area contributed by atoms with Crippen LogP contribution in [0.5, 0.6) is 0 Å². The molecule has 1 aliphatic rings. The smallest absolute Gasteiger partial charge is 0.178 e. The summed E-state index contributed by atoms with van der Waals surface area (Å²) in [6, 6.07) is 3.41. The number of rotatable bonds is 1. The number of halogens is 2. The first-order chi connectivity index (χ1) is 9.06. The molecule has 2 heterocycles. The molecule has 0 unspecified atom stereocenters. The van der Waals surface area contributed by atoms with Gasteiger partial charge < -0.3 is 14.5 Å². The molecule has 3 nitrogen and oxygen atoms in total. The Balaban J connectivity index is 2.10. The van der Waals surface area contributed by atoms with Crippen molar-refractivity contribution in [2.24, 2.45) is 0 Å². The number of nitrogens with one attached hydrogen (secondary N) is 1. The van der Waals surface area contributed by atoms with Crippen LogP contribution >= 0.6 is 23.8 Å². The van der Waals surface area contributed by atoms with Crippen LogP contribution in [0, 0.1) is 10.6 Å². The second-order valence-electron chi connectivity index (χ2n) is 5.12. The zero-order valence-electron chi connectivity index (χ0n) is 10.6. The minimum absolute atomic E-state index is 0.124. The van der Waals surface area contributed by atoms with E-state index in [1.54, 1.807) is 6.07 Å². The molecule has 0 aliphatic carbocycles. The number of benzene rings is 1. The van der Waals surface area contributed by atoms with E-state index in [9.17, 15) is 4.39 Å². The van der Waals surface area contributed by atoms with Gasteiger partial charge in [0.25, 0.3) is 0 Å². The van der Waals surface area contributed by atoms with Crippen LogP contribution < -0.4 is 0 Å². The molecule has 0 amide bonds. The normalized spacial score (nSPS) is 18.3. The highest BCUT2D eigenvalue weighted by atomic mass is 35.5. The highest BCUT2D eigenvalue weighted by Gasteiger charge is 2.21. The van der Waals surface area contributed by atoms with Gasteiger partial charge in [-0.3, -0.25) is 0 Å².